The molecule has 1 atom stereocenters. The molecule has 6 heteroatoms. The number of halogens is 1. The van der Waals surface area contributed by atoms with Crippen molar-refractivity contribution in [2.75, 3.05) is 12.9 Å². The standard InChI is InChI=1S/C10H15ClN2O3/c1-10(2,5-11)9(16)12-6-4-7(14)13(3)8(6)15/h6H,4-5H2,1-3H3,(H,12,16). The molecule has 1 heterocycles. The molecular formula is C10H15ClN2O3. The van der Waals surface area contributed by atoms with Crippen LogP contribution < -0.4 is 5.32 Å². The molecular weight excluding hydrogens is 232 g/mol. The van der Waals surface area contributed by atoms with Gasteiger partial charge < -0.3 is 5.32 Å². The second-order valence-electron chi connectivity index (χ2n) is 4.54. The van der Waals surface area contributed by atoms with Crippen LogP contribution >= 0.6 is 11.6 Å². The summed E-state index contributed by atoms with van der Waals surface area (Å²) >= 11 is 5.64. The number of likely N-dealkylation sites (tertiary alicyclic amines) is 1. The first-order valence-corrected chi connectivity index (χ1v) is 5.50. The lowest BCUT2D eigenvalue weighted by Gasteiger charge is -2.22. The van der Waals surface area contributed by atoms with E-state index in [1.165, 1.54) is 7.05 Å². The Labute approximate surface area is 99.1 Å². The number of hydrogen-bond acceptors (Lipinski definition) is 3. The Morgan fingerprint density at radius 1 is 1.56 bits per heavy atom. The first kappa shape index (κ1) is 13.0. The van der Waals surface area contributed by atoms with E-state index in [1.54, 1.807) is 13.8 Å². The smallest absolute Gasteiger partial charge is 0.252 e. The number of amides is 3. The second kappa shape index (κ2) is 4.41. The van der Waals surface area contributed by atoms with E-state index in [4.69, 9.17) is 11.6 Å². The van der Waals surface area contributed by atoms with Crippen LogP contribution in [0.1, 0.15) is 20.3 Å². The van der Waals surface area contributed by atoms with Gasteiger partial charge in [0.1, 0.15) is 6.04 Å². The van der Waals surface area contributed by atoms with Crippen molar-refractivity contribution < 1.29 is 14.4 Å². The summed E-state index contributed by atoms with van der Waals surface area (Å²) in [6.45, 7) is 3.36. The van der Waals surface area contributed by atoms with E-state index in [9.17, 15) is 14.4 Å². The minimum atomic E-state index is -0.744. The molecule has 0 spiro atoms. The fraction of sp³-hybridized carbons (Fsp3) is 0.700. The average molecular weight is 247 g/mol. The maximum absolute atomic E-state index is 11.7. The largest absolute Gasteiger partial charge is 0.343 e. The Kier molecular flexibility index (Phi) is 3.57. The molecule has 0 aromatic rings. The van der Waals surface area contributed by atoms with Crippen LogP contribution in [0.15, 0.2) is 0 Å². The maximum Gasteiger partial charge on any atom is 0.252 e. The van der Waals surface area contributed by atoms with E-state index < -0.39 is 11.5 Å². The second-order valence-corrected chi connectivity index (χ2v) is 4.81. The van der Waals surface area contributed by atoms with Crippen LogP contribution in [0.4, 0.5) is 0 Å². The molecule has 0 bridgehead atoms. The van der Waals surface area contributed by atoms with Crippen LogP contribution in [0, 0.1) is 5.41 Å². The van der Waals surface area contributed by atoms with Crippen molar-refractivity contribution in [3.8, 4) is 0 Å². The molecule has 1 saturated heterocycles. The fourth-order valence-electron chi connectivity index (χ4n) is 1.28. The first-order chi connectivity index (χ1) is 7.29. The van der Waals surface area contributed by atoms with Crippen molar-refractivity contribution in [2.45, 2.75) is 26.3 Å². The van der Waals surface area contributed by atoms with Crippen molar-refractivity contribution in [1.29, 1.82) is 0 Å². The van der Waals surface area contributed by atoms with Gasteiger partial charge in [0.2, 0.25) is 11.8 Å². The molecule has 16 heavy (non-hydrogen) atoms. The molecule has 0 saturated carbocycles. The molecule has 1 rings (SSSR count). The molecule has 0 aliphatic carbocycles. The molecule has 1 N–H and O–H groups in total. The zero-order valence-electron chi connectivity index (χ0n) is 9.54. The van der Waals surface area contributed by atoms with Gasteiger partial charge in [-0.05, 0) is 13.8 Å². The van der Waals surface area contributed by atoms with Crippen LogP contribution in [0.3, 0.4) is 0 Å². The summed E-state index contributed by atoms with van der Waals surface area (Å²) in [5, 5.41) is 2.55. The van der Waals surface area contributed by atoms with Crippen LogP contribution in [-0.2, 0) is 14.4 Å². The summed E-state index contributed by atoms with van der Waals surface area (Å²) in [5.41, 5.74) is -0.744. The molecule has 1 aliphatic rings. The topological polar surface area (TPSA) is 66.5 Å². The Morgan fingerprint density at radius 3 is 2.50 bits per heavy atom. The summed E-state index contributed by atoms with van der Waals surface area (Å²) in [6, 6.07) is -0.743. The monoisotopic (exact) mass is 246 g/mol. The van der Waals surface area contributed by atoms with Gasteiger partial charge in [0.15, 0.2) is 0 Å². The fourth-order valence-corrected chi connectivity index (χ4v) is 1.40. The van der Waals surface area contributed by atoms with Crippen LogP contribution in [-0.4, -0.2) is 41.6 Å². The predicted molar refractivity (Wildman–Crippen MR) is 58.8 cm³/mol. The SMILES string of the molecule is CN1C(=O)CC(NC(=O)C(C)(C)CCl)C1=O. The number of carbonyl (C=O) groups excluding carboxylic acids is 3. The van der Waals surface area contributed by atoms with Crippen molar-refractivity contribution >= 4 is 29.3 Å². The van der Waals surface area contributed by atoms with Gasteiger partial charge in [-0.15, -0.1) is 11.6 Å². The number of nitrogens with one attached hydrogen (secondary N) is 1. The normalized spacial score (nSPS) is 21.5. The van der Waals surface area contributed by atoms with Gasteiger partial charge in [0, 0.05) is 12.9 Å². The van der Waals surface area contributed by atoms with Crippen LogP contribution in [0.5, 0.6) is 0 Å². The minimum absolute atomic E-state index is 0.0272. The molecule has 5 nitrogen and oxygen atoms in total. The lowest BCUT2D eigenvalue weighted by molar-refractivity contribution is -0.139. The molecule has 90 valence electrons. The highest BCUT2D eigenvalue weighted by atomic mass is 35.5. The van der Waals surface area contributed by atoms with Gasteiger partial charge in [-0.1, -0.05) is 0 Å². The summed E-state index contributed by atoms with van der Waals surface area (Å²) in [7, 11) is 1.41. The van der Waals surface area contributed by atoms with E-state index >= 15 is 0 Å². The predicted octanol–water partition coefficient (Wildman–Crippen LogP) is 0.125. The Bertz CT molecular complexity index is 341. The maximum atomic E-state index is 11.7. The van der Waals surface area contributed by atoms with Crippen LogP contribution in [0.2, 0.25) is 0 Å². The summed E-state index contributed by atoms with van der Waals surface area (Å²) in [5.74, 6) is -0.810. The number of rotatable bonds is 3. The van der Waals surface area contributed by atoms with Crippen molar-refractivity contribution in [3.05, 3.63) is 0 Å². The number of hydrogen-bond donors (Lipinski definition) is 1. The van der Waals surface area contributed by atoms with Gasteiger partial charge in [-0.25, -0.2) is 0 Å². The van der Waals surface area contributed by atoms with E-state index in [-0.39, 0.29) is 30.0 Å². The molecule has 0 aromatic carbocycles. The van der Waals surface area contributed by atoms with E-state index in [0.29, 0.717) is 0 Å². The highest BCUT2D eigenvalue weighted by molar-refractivity contribution is 6.20. The summed E-state index contributed by atoms with van der Waals surface area (Å²) in [6.07, 6.45) is 0.0272. The van der Waals surface area contributed by atoms with E-state index in [0.717, 1.165) is 4.90 Å². The van der Waals surface area contributed by atoms with Crippen molar-refractivity contribution in [3.63, 3.8) is 0 Å². The Hall–Kier alpha value is -1.10. The molecule has 1 unspecified atom stereocenters. The van der Waals surface area contributed by atoms with Gasteiger partial charge in [-0.2, -0.15) is 0 Å². The quantitative estimate of drug-likeness (QED) is 0.568. The number of nitrogens with zero attached hydrogens (tertiary/aromatic N) is 1. The van der Waals surface area contributed by atoms with Crippen LogP contribution in [0.25, 0.3) is 0 Å². The molecule has 0 radical (unpaired) electrons. The highest BCUT2D eigenvalue weighted by Gasteiger charge is 2.39. The number of alkyl halides is 1. The van der Waals surface area contributed by atoms with Gasteiger partial charge in [0.05, 0.1) is 11.8 Å². The highest BCUT2D eigenvalue weighted by Crippen LogP contribution is 2.19. The van der Waals surface area contributed by atoms with Gasteiger partial charge in [0.25, 0.3) is 5.91 Å². The van der Waals surface area contributed by atoms with Gasteiger partial charge in [-0.3, -0.25) is 19.3 Å². The van der Waals surface area contributed by atoms with Gasteiger partial charge >= 0.3 is 0 Å². The summed E-state index contributed by atoms with van der Waals surface area (Å²) in [4.78, 5) is 35.5. The number of carbonyl (C=O) groups is 3. The van der Waals surface area contributed by atoms with Crippen molar-refractivity contribution in [1.82, 2.24) is 10.2 Å². The molecule has 0 aromatic heterocycles. The van der Waals surface area contributed by atoms with Crippen molar-refractivity contribution in [2.24, 2.45) is 5.41 Å². The molecule has 1 aliphatic heterocycles. The van der Waals surface area contributed by atoms with E-state index in [2.05, 4.69) is 5.32 Å². The minimum Gasteiger partial charge on any atom is -0.343 e. The van der Waals surface area contributed by atoms with E-state index in [1.807, 2.05) is 0 Å². The third kappa shape index (κ3) is 2.35. The number of likely N-dealkylation sites (N-methyl/N-ethyl adjacent to an activating group) is 1. The molecule has 1 fully saturated rings. The summed E-state index contributed by atoms with van der Waals surface area (Å²) < 4.78 is 0. The Balaban J connectivity index is 2.67. The zero-order valence-corrected chi connectivity index (χ0v) is 10.3. The zero-order chi connectivity index (χ0) is 12.5. The average Bonchev–Trinajstić information content (AvgIpc) is 2.46. The number of imide groups is 1. The Morgan fingerprint density at radius 2 is 2.12 bits per heavy atom. The third-order valence-corrected chi connectivity index (χ3v) is 3.30. The first-order valence-electron chi connectivity index (χ1n) is 4.97. The third-order valence-electron chi connectivity index (χ3n) is 2.64. The lowest BCUT2D eigenvalue weighted by Crippen LogP contribution is -2.46. The lowest BCUT2D eigenvalue weighted by atomic mass is 9.95. The molecule has 3 amide bonds.